The number of aromatic nitrogens is 3. The number of H-pyrrole nitrogens is 1. The van der Waals surface area contributed by atoms with E-state index in [-0.39, 0.29) is 17.9 Å². The van der Waals surface area contributed by atoms with E-state index in [0.29, 0.717) is 58.8 Å². The quantitative estimate of drug-likeness (QED) is 0.345. The first-order chi connectivity index (χ1) is 18.0. The Bertz CT molecular complexity index is 1410. The minimum Gasteiger partial charge on any atom is -0.349 e. The highest BCUT2D eigenvalue weighted by Gasteiger charge is 2.32. The lowest BCUT2D eigenvalue weighted by molar-refractivity contribution is -0.130. The van der Waals surface area contributed by atoms with Gasteiger partial charge in [-0.25, -0.2) is 9.97 Å². The number of aliphatic imine (C=N–C) groups is 1. The molecular formula is C27H28ClN7O2. The van der Waals surface area contributed by atoms with Gasteiger partial charge in [0.05, 0.1) is 21.9 Å². The summed E-state index contributed by atoms with van der Waals surface area (Å²) in [5.74, 6) is 0.544. The van der Waals surface area contributed by atoms with Crippen LogP contribution in [0.25, 0.3) is 16.6 Å². The molecule has 2 N–H and O–H groups in total. The monoisotopic (exact) mass is 517 g/mol. The largest absolute Gasteiger partial charge is 0.349 e. The van der Waals surface area contributed by atoms with Crippen LogP contribution in [-0.4, -0.2) is 69.0 Å². The number of amides is 2. The first kappa shape index (κ1) is 24.7. The zero-order chi connectivity index (χ0) is 25.9. The number of allylic oxidation sites excluding steroid dienone is 2. The second kappa shape index (κ2) is 10.6. The molecule has 0 spiro atoms. The lowest BCUT2D eigenvalue weighted by atomic mass is 10.0. The van der Waals surface area contributed by atoms with Crippen LogP contribution in [0.1, 0.15) is 41.9 Å². The van der Waals surface area contributed by atoms with E-state index in [1.807, 2.05) is 21.9 Å². The van der Waals surface area contributed by atoms with Gasteiger partial charge >= 0.3 is 0 Å². The highest BCUT2D eigenvalue weighted by atomic mass is 35.5. The second-order valence-corrected chi connectivity index (χ2v) is 9.56. The van der Waals surface area contributed by atoms with Crippen molar-refractivity contribution in [3.8, 4) is 0 Å². The van der Waals surface area contributed by atoms with Gasteiger partial charge in [-0.15, -0.1) is 0 Å². The predicted octanol–water partition coefficient (Wildman–Crippen LogP) is 4.81. The maximum atomic E-state index is 13.2. The van der Waals surface area contributed by atoms with E-state index in [1.54, 1.807) is 30.5 Å². The van der Waals surface area contributed by atoms with Gasteiger partial charge in [0.1, 0.15) is 5.69 Å². The maximum Gasteiger partial charge on any atom is 0.270 e. The molecule has 4 heterocycles. The van der Waals surface area contributed by atoms with Crippen molar-refractivity contribution in [2.75, 3.05) is 25.0 Å². The van der Waals surface area contributed by atoms with Gasteiger partial charge < -0.3 is 20.1 Å². The van der Waals surface area contributed by atoms with Crippen LogP contribution in [0, 0.1) is 0 Å². The topological polar surface area (TPSA) is 107 Å². The third kappa shape index (κ3) is 5.13. The van der Waals surface area contributed by atoms with Gasteiger partial charge in [0.2, 0.25) is 11.9 Å². The molecule has 2 aliphatic heterocycles. The third-order valence-electron chi connectivity index (χ3n) is 6.83. The van der Waals surface area contributed by atoms with Crippen molar-refractivity contribution >= 4 is 58.4 Å². The molecule has 0 radical (unpaired) electrons. The number of nitrogens with zero attached hydrogens (tertiary/aromatic N) is 5. The van der Waals surface area contributed by atoms with Gasteiger partial charge in [0.15, 0.2) is 0 Å². The normalized spacial score (nSPS) is 16.9. The molecule has 0 saturated carbocycles. The van der Waals surface area contributed by atoms with E-state index in [1.165, 1.54) is 0 Å². The van der Waals surface area contributed by atoms with Crippen molar-refractivity contribution in [2.24, 2.45) is 4.99 Å². The fourth-order valence-corrected chi connectivity index (χ4v) is 5.29. The number of rotatable bonds is 7. The Labute approximate surface area is 219 Å². The second-order valence-electron chi connectivity index (χ2n) is 9.16. The molecule has 190 valence electrons. The van der Waals surface area contributed by atoms with Crippen LogP contribution in [0.2, 0.25) is 5.02 Å². The molecule has 10 heteroatoms. The molecule has 2 fully saturated rings. The zero-order valence-electron chi connectivity index (χ0n) is 20.4. The lowest BCUT2D eigenvalue weighted by Gasteiger charge is -2.36. The van der Waals surface area contributed by atoms with Crippen molar-refractivity contribution in [1.82, 2.24) is 24.8 Å². The molecule has 2 aromatic heterocycles. The van der Waals surface area contributed by atoms with Crippen molar-refractivity contribution in [3.05, 3.63) is 65.6 Å². The molecule has 0 atom stereocenters. The summed E-state index contributed by atoms with van der Waals surface area (Å²) in [4.78, 5) is 45.1. The number of hydrogen-bond acceptors (Lipinski definition) is 6. The Hall–Kier alpha value is -3.98. The first-order valence-corrected chi connectivity index (χ1v) is 12.7. The molecule has 2 aliphatic rings. The number of likely N-dealkylation sites (tertiary alicyclic amines) is 2. The molecule has 0 bridgehead atoms. The maximum absolute atomic E-state index is 13.2. The van der Waals surface area contributed by atoms with Crippen LogP contribution in [0.15, 0.2) is 54.2 Å². The number of fused-ring (bicyclic) bond motifs is 1. The Morgan fingerprint density at radius 3 is 2.76 bits per heavy atom. The standard InChI is InChI=1S/C27H28ClN7O2/c1-3-5-21(29-2)22-7-10-30-27(33-22)31-18-14-17-15-23(32-25(17)20(28)16-18)26(37)34-12-8-19(9-13-34)35-11-4-6-24(35)36/h3,5,7,10,14-16,19,32H,1-2,4,6,8-9,11-13H2,(H,30,31,33)/b21-5-. The Balaban J connectivity index is 1.31. The lowest BCUT2D eigenvalue weighted by Crippen LogP contribution is -2.47. The van der Waals surface area contributed by atoms with E-state index in [2.05, 4.69) is 38.6 Å². The summed E-state index contributed by atoms with van der Waals surface area (Å²) in [6.07, 6.45) is 8.14. The number of anilines is 2. The molecule has 2 amide bonds. The number of benzene rings is 1. The van der Waals surface area contributed by atoms with Crippen LogP contribution in [-0.2, 0) is 4.79 Å². The molecule has 0 unspecified atom stereocenters. The van der Waals surface area contributed by atoms with E-state index in [4.69, 9.17) is 11.6 Å². The van der Waals surface area contributed by atoms with Crippen LogP contribution < -0.4 is 5.32 Å². The minimum atomic E-state index is -0.0672. The van der Waals surface area contributed by atoms with Gasteiger partial charge in [-0.05, 0) is 56.3 Å². The number of carbonyl (C=O) groups is 2. The highest BCUT2D eigenvalue weighted by Crippen LogP contribution is 2.30. The molecule has 0 aliphatic carbocycles. The van der Waals surface area contributed by atoms with Crippen molar-refractivity contribution in [2.45, 2.75) is 31.7 Å². The summed E-state index contributed by atoms with van der Waals surface area (Å²) in [5.41, 5.74) is 3.05. The Morgan fingerprint density at radius 2 is 2.05 bits per heavy atom. The SMILES string of the molecule is C=C/C=C(\N=C)c1ccnc(Nc2cc(Cl)c3[nH]c(C(=O)N4CCC(N5CCCC5=O)CC4)cc3c2)n1. The summed E-state index contributed by atoms with van der Waals surface area (Å²) in [6.45, 7) is 9.35. The Kier molecular flexibility index (Phi) is 7.05. The summed E-state index contributed by atoms with van der Waals surface area (Å²) >= 11 is 6.57. The smallest absolute Gasteiger partial charge is 0.270 e. The predicted molar refractivity (Wildman–Crippen MR) is 146 cm³/mol. The van der Waals surface area contributed by atoms with Gasteiger partial charge in [0.25, 0.3) is 5.91 Å². The van der Waals surface area contributed by atoms with E-state index in [9.17, 15) is 9.59 Å². The van der Waals surface area contributed by atoms with Gasteiger partial charge in [0, 0.05) is 49.4 Å². The molecule has 3 aromatic rings. The number of carbonyl (C=O) groups excluding carboxylic acids is 2. The van der Waals surface area contributed by atoms with Gasteiger partial charge in [-0.2, -0.15) is 0 Å². The Morgan fingerprint density at radius 1 is 1.24 bits per heavy atom. The van der Waals surface area contributed by atoms with Crippen LogP contribution in [0.4, 0.5) is 11.6 Å². The summed E-state index contributed by atoms with van der Waals surface area (Å²) in [7, 11) is 0. The molecule has 2 saturated heterocycles. The van der Waals surface area contributed by atoms with E-state index in [0.717, 1.165) is 31.2 Å². The molecular weight excluding hydrogens is 490 g/mol. The summed E-state index contributed by atoms with van der Waals surface area (Å²) in [5, 5.41) is 4.44. The average Bonchev–Trinajstić information content (AvgIpc) is 3.54. The van der Waals surface area contributed by atoms with Crippen molar-refractivity contribution < 1.29 is 9.59 Å². The number of nitrogens with one attached hydrogen (secondary N) is 2. The molecule has 9 nitrogen and oxygen atoms in total. The first-order valence-electron chi connectivity index (χ1n) is 12.3. The summed E-state index contributed by atoms with van der Waals surface area (Å²) in [6, 6.07) is 7.43. The highest BCUT2D eigenvalue weighted by molar-refractivity contribution is 6.35. The van der Waals surface area contributed by atoms with Gasteiger partial charge in [-0.1, -0.05) is 24.3 Å². The zero-order valence-corrected chi connectivity index (χ0v) is 21.2. The van der Waals surface area contributed by atoms with E-state index >= 15 is 0 Å². The number of hydrogen-bond donors (Lipinski definition) is 2. The van der Waals surface area contributed by atoms with Crippen LogP contribution in [0.5, 0.6) is 0 Å². The molecule has 1 aromatic carbocycles. The molecule has 37 heavy (non-hydrogen) atoms. The number of halogens is 1. The van der Waals surface area contributed by atoms with E-state index < -0.39 is 0 Å². The van der Waals surface area contributed by atoms with Crippen LogP contribution >= 0.6 is 11.6 Å². The summed E-state index contributed by atoms with van der Waals surface area (Å²) < 4.78 is 0. The van der Waals surface area contributed by atoms with Crippen molar-refractivity contribution in [3.63, 3.8) is 0 Å². The average molecular weight is 518 g/mol. The van der Waals surface area contributed by atoms with Crippen LogP contribution in [0.3, 0.4) is 0 Å². The minimum absolute atomic E-state index is 0.0672. The third-order valence-corrected chi connectivity index (χ3v) is 7.13. The fraction of sp³-hybridized carbons (Fsp3) is 0.296. The van der Waals surface area contributed by atoms with Crippen molar-refractivity contribution in [1.29, 1.82) is 0 Å². The number of piperidine rings is 1. The fourth-order valence-electron chi connectivity index (χ4n) is 5.01. The van der Waals surface area contributed by atoms with Gasteiger partial charge in [-0.3, -0.25) is 14.6 Å². The molecule has 5 rings (SSSR count). The number of aromatic amines is 1.